The molecule has 0 radical (unpaired) electrons. The monoisotopic (exact) mass is 435 g/mol. The van der Waals surface area contributed by atoms with Gasteiger partial charge in [-0.25, -0.2) is 9.18 Å². The summed E-state index contributed by atoms with van der Waals surface area (Å²) in [4.78, 5) is 23.2. The van der Waals surface area contributed by atoms with Crippen molar-refractivity contribution in [3.05, 3.63) is 64.4 Å². The summed E-state index contributed by atoms with van der Waals surface area (Å²) in [6, 6.07) is 8.36. The molecule has 160 valence electrons. The lowest BCUT2D eigenvalue weighted by Crippen LogP contribution is -2.43. The van der Waals surface area contributed by atoms with Crippen LogP contribution in [-0.4, -0.2) is 30.1 Å². The Morgan fingerprint density at radius 2 is 1.97 bits per heavy atom. The maximum Gasteiger partial charge on any atom is 0.326 e. The van der Waals surface area contributed by atoms with Gasteiger partial charge in [0.25, 0.3) is 0 Å². The van der Waals surface area contributed by atoms with E-state index in [-0.39, 0.29) is 23.1 Å². The zero-order valence-corrected chi connectivity index (χ0v) is 17.6. The van der Waals surface area contributed by atoms with Crippen molar-refractivity contribution in [1.29, 1.82) is 0 Å². The predicted molar refractivity (Wildman–Crippen MR) is 112 cm³/mol. The van der Waals surface area contributed by atoms with Crippen LogP contribution in [-0.2, 0) is 16.2 Å². The summed E-state index contributed by atoms with van der Waals surface area (Å²) >= 11 is 6.01. The fraction of sp³-hybridized carbons (Fsp3) is 0.273. The lowest BCUT2D eigenvalue weighted by Gasteiger charge is -2.16. The summed E-state index contributed by atoms with van der Waals surface area (Å²) in [6.45, 7) is 3.34. The highest BCUT2D eigenvalue weighted by Gasteiger charge is 2.22. The zero-order chi connectivity index (χ0) is 22.3. The molecule has 0 heterocycles. The van der Waals surface area contributed by atoms with E-state index in [9.17, 15) is 14.0 Å². The second-order valence-corrected chi connectivity index (χ2v) is 7.21. The number of aliphatic carboxylic acids is 1. The first kappa shape index (κ1) is 23.2. The third-order valence-corrected chi connectivity index (χ3v) is 4.63. The molecule has 1 amide bonds. The molecule has 2 aromatic rings. The van der Waals surface area contributed by atoms with Crippen molar-refractivity contribution in [1.82, 2.24) is 5.32 Å². The fourth-order valence-electron chi connectivity index (χ4n) is 2.61. The standard InChI is InChI=1S/C22H23ClFNO5/c1-13(2)21(22(27)28)25-20(26)10-8-14-7-9-18(19(11-14)29-3)30-12-15-16(23)5-4-6-17(15)24/h4-11,13,21H,12H2,1-3H3,(H,25,26)(H,27,28)/b10-8+. The maximum absolute atomic E-state index is 13.9. The number of carbonyl (C=O) groups excluding carboxylic acids is 1. The summed E-state index contributed by atoms with van der Waals surface area (Å²) in [5.41, 5.74) is 0.870. The van der Waals surface area contributed by atoms with Crippen LogP contribution in [0.4, 0.5) is 4.39 Å². The molecule has 2 rings (SSSR count). The molecule has 0 aliphatic heterocycles. The molecule has 0 fully saturated rings. The number of methoxy groups -OCH3 is 1. The quantitative estimate of drug-likeness (QED) is 0.573. The Bertz CT molecular complexity index is 925. The van der Waals surface area contributed by atoms with Crippen molar-refractivity contribution in [3.63, 3.8) is 0 Å². The van der Waals surface area contributed by atoms with Gasteiger partial charge in [0.2, 0.25) is 5.91 Å². The molecule has 1 atom stereocenters. The molecule has 8 heteroatoms. The molecule has 0 aromatic heterocycles. The normalized spacial score (nSPS) is 12.1. The van der Waals surface area contributed by atoms with Crippen molar-refractivity contribution < 1.29 is 28.6 Å². The predicted octanol–water partition coefficient (Wildman–Crippen LogP) is 4.31. The van der Waals surface area contributed by atoms with E-state index in [1.54, 1.807) is 38.1 Å². The van der Waals surface area contributed by atoms with E-state index < -0.39 is 23.7 Å². The van der Waals surface area contributed by atoms with Gasteiger partial charge < -0.3 is 19.9 Å². The van der Waals surface area contributed by atoms with E-state index in [2.05, 4.69) is 5.32 Å². The largest absolute Gasteiger partial charge is 0.493 e. The molecule has 0 saturated heterocycles. The van der Waals surface area contributed by atoms with Gasteiger partial charge in [-0.15, -0.1) is 0 Å². The van der Waals surface area contributed by atoms with Gasteiger partial charge in [-0.2, -0.15) is 0 Å². The van der Waals surface area contributed by atoms with Crippen molar-refractivity contribution in [3.8, 4) is 11.5 Å². The Morgan fingerprint density at radius 3 is 2.57 bits per heavy atom. The molecule has 0 aliphatic carbocycles. The molecule has 2 aromatic carbocycles. The average molecular weight is 436 g/mol. The van der Waals surface area contributed by atoms with Crippen LogP contribution in [0.5, 0.6) is 11.5 Å². The van der Waals surface area contributed by atoms with Crippen molar-refractivity contribution in [2.24, 2.45) is 5.92 Å². The number of carboxylic acid groups (broad SMARTS) is 1. The Hall–Kier alpha value is -3.06. The van der Waals surface area contributed by atoms with Crippen LogP contribution in [0.25, 0.3) is 6.08 Å². The van der Waals surface area contributed by atoms with Gasteiger partial charge in [-0.1, -0.05) is 37.6 Å². The molecule has 30 heavy (non-hydrogen) atoms. The minimum absolute atomic E-state index is 0.0781. The minimum atomic E-state index is -1.09. The number of rotatable bonds is 9. The molecule has 0 spiro atoms. The van der Waals surface area contributed by atoms with Crippen LogP contribution in [0.2, 0.25) is 5.02 Å². The molecule has 1 unspecified atom stereocenters. The lowest BCUT2D eigenvalue weighted by atomic mass is 10.0. The first-order chi connectivity index (χ1) is 14.2. The van der Waals surface area contributed by atoms with Gasteiger partial charge in [-0.3, -0.25) is 4.79 Å². The van der Waals surface area contributed by atoms with Crippen LogP contribution in [0, 0.1) is 11.7 Å². The highest BCUT2D eigenvalue weighted by molar-refractivity contribution is 6.31. The van der Waals surface area contributed by atoms with Crippen molar-refractivity contribution in [2.75, 3.05) is 7.11 Å². The van der Waals surface area contributed by atoms with E-state index >= 15 is 0 Å². The highest BCUT2D eigenvalue weighted by atomic mass is 35.5. The molecule has 0 saturated carbocycles. The Morgan fingerprint density at radius 1 is 1.23 bits per heavy atom. The van der Waals surface area contributed by atoms with E-state index in [1.165, 1.54) is 31.4 Å². The minimum Gasteiger partial charge on any atom is -0.493 e. The molecule has 2 N–H and O–H groups in total. The van der Waals surface area contributed by atoms with Crippen LogP contribution in [0.1, 0.15) is 25.0 Å². The molecule has 6 nitrogen and oxygen atoms in total. The summed E-state index contributed by atoms with van der Waals surface area (Å²) < 4.78 is 24.8. The van der Waals surface area contributed by atoms with Crippen molar-refractivity contribution >= 4 is 29.6 Å². The number of ether oxygens (including phenoxy) is 2. The third-order valence-electron chi connectivity index (χ3n) is 4.28. The van der Waals surface area contributed by atoms with Crippen LogP contribution in [0.3, 0.4) is 0 Å². The number of carbonyl (C=O) groups is 2. The second-order valence-electron chi connectivity index (χ2n) is 6.80. The number of hydrogen-bond acceptors (Lipinski definition) is 4. The second kappa shape index (κ2) is 10.6. The summed E-state index contributed by atoms with van der Waals surface area (Å²) in [5.74, 6) is -1.57. The molecular formula is C22H23ClFNO5. The van der Waals surface area contributed by atoms with E-state index in [1.807, 2.05) is 0 Å². The van der Waals surface area contributed by atoms with Crippen LogP contribution >= 0.6 is 11.6 Å². The number of hydrogen-bond donors (Lipinski definition) is 2. The lowest BCUT2D eigenvalue weighted by molar-refractivity contribution is -0.142. The van der Waals surface area contributed by atoms with Crippen LogP contribution in [0.15, 0.2) is 42.5 Å². The smallest absolute Gasteiger partial charge is 0.326 e. The Labute approximate surface area is 179 Å². The fourth-order valence-corrected chi connectivity index (χ4v) is 2.83. The van der Waals surface area contributed by atoms with Gasteiger partial charge in [0.1, 0.15) is 18.5 Å². The number of nitrogens with one attached hydrogen (secondary N) is 1. The van der Waals surface area contributed by atoms with Crippen molar-refractivity contribution in [2.45, 2.75) is 26.5 Å². The first-order valence-electron chi connectivity index (χ1n) is 9.18. The molecular weight excluding hydrogens is 413 g/mol. The zero-order valence-electron chi connectivity index (χ0n) is 16.8. The number of benzene rings is 2. The number of carboxylic acids is 1. The maximum atomic E-state index is 13.9. The Balaban J connectivity index is 2.09. The highest BCUT2D eigenvalue weighted by Crippen LogP contribution is 2.30. The van der Waals surface area contributed by atoms with Gasteiger partial charge in [0.05, 0.1) is 12.1 Å². The Kier molecular flexibility index (Phi) is 8.24. The van der Waals surface area contributed by atoms with E-state index in [0.717, 1.165) is 0 Å². The van der Waals surface area contributed by atoms with Gasteiger partial charge in [0.15, 0.2) is 11.5 Å². The average Bonchev–Trinajstić information content (AvgIpc) is 2.70. The first-order valence-corrected chi connectivity index (χ1v) is 9.55. The summed E-state index contributed by atoms with van der Waals surface area (Å²) in [7, 11) is 1.46. The van der Waals surface area contributed by atoms with Gasteiger partial charge in [-0.05, 0) is 41.8 Å². The number of halogens is 2. The summed E-state index contributed by atoms with van der Waals surface area (Å²) in [6.07, 6.45) is 2.77. The van der Waals surface area contributed by atoms with Crippen LogP contribution < -0.4 is 14.8 Å². The topological polar surface area (TPSA) is 84.9 Å². The SMILES string of the molecule is COc1cc(/C=C/C(=O)NC(C(=O)O)C(C)C)ccc1OCc1c(F)cccc1Cl. The van der Waals surface area contributed by atoms with E-state index in [0.29, 0.717) is 17.1 Å². The van der Waals surface area contributed by atoms with Gasteiger partial charge in [0, 0.05) is 11.6 Å². The summed E-state index contributed by atoms with van der Waals surface area (Å²) in [5, 5.41) is 11.9. The number of amides is 1. The molecule has 0 aliphatic rings. The van der Waals surface area contributed by atoms with E-state index in [4.69, 9.17) is 26.2 Å². The molecule has 0 bridgehead atoms. The third kappa shape index (κ3) is 6.22. The van der Waals surface area contributed by atoms with Gasteiger partial charge >= 0.3 is 5.97 Å².